The Labute approximate surface area is 110 Å². The van der Waals surface area contributed by atoms with E-state index in [0.29, 0.717) is 34.9 Å². The van der Waals surface area contributed by atoms with E-state index >= 15 is 0 Å². The third kappa shape index (κ3) is 2.86. The second kappa shape index (κ2) is 5.30. The fourth-order valence-corrected chi connectivity index (χ4v) is 1.89. The van der Waals surface area contributed by atoms with Crippen molar-refractivity contribution in [3.05, 3.63) is 41.2 Å². The first-order valence-electron chi connectivity index (χ1n) is 6.10. The van der Waals surface area contributed by atoms with Crippen molar-refractivity contribution in [2.75, 3.05) is 5.73 Å². The van der Waals surface area contributed by atoms with Gasteiger partial charge < -0.3 is 5.73 Å². The lowest BCUT2D eigenvalue weighted by molar-refractivity contribution is 0.584. The molecule has 1 heterocycles. The molecule has 100 valence electrons. The molecule has 0 fully saturated rings. The van der Waals surface area contributed by atoms with Crippen LogP contribution in [0.3, 0.4) is 0 Å². The van der Waals surface area contributed by atoms with Gasteiger partial charge in [-0.2, -0.15) is 0 Å². The Kier molecular flexibility index (Phi) is 3.74. The Balaban J connectivity index is 2.59. The lowest BCUT2D eigenvalue weighted by Crippen LogP contribution is -2.05. The molecule has 1 aromatic heterocycles. The largest absolute Gasteiger partial charge is 0.383 e. The maximum absolute atomic E-state index is 13.3. The molecule has 2 rings (SSSR count). The lowest BCUT2D eigenvalue weighted by Gasteiger charge is -2.10. The highest BCUT2D eigenvalue weighted by Gasteiger charge is 2.12. The first kappa shape index (κ1) is 13.4. The van der Waals surface area contributed by atoms with Gasteiger partial charge in [0, 0.05) is 23.6 Å². The van der Waals surface area contributed by atoms with Crippen LogP contribution in [0.4, 0.5) is 14.6 Å². The zero-order valence-electron chi connectivity index (χ0n) is 10.9. The summed E-state index contributed by atoms with van der Waals surface area (Å²) in [7, 11) is 0. The van der Waals surface area contributed by atoms with Gasteiger partial charge in [-0.15, -0.1) is 0 Å². The Morgan fingerprint density at radius 2 is 1.74 bits per heavy atom. The molecule has 0 aliphatic rings. The van der Waals surface area contributed by atoms with Gasteiger partial charge in [-0.05, 0) is 25.5 Å². The number of aromatic nitrogens is 2. The van der Waals surface area contributed by atoms with Gasteiger partial charge in [0.05, 0.1) is 5.69 Å². The minimum absolute atomic E-state index is 0.345. The van der Waals surface area contributed by atoms with Gasteiger partial charge >= 0.3 is 0 Å². The highest BCUT2D eigenvalue weighted by molar-refractivity contribution is 5.67. The van der Waals surface area contributed by atoms with E-state index in [2.05, 4.69) is 9.97 Å². The van der Waals surface area contributed by atoms with Crippen molar-refractivity contribution in [1.82, 2.24) is 9.97 Å². The molecule has 0 spiro atoms. The van der Waals surface area contributed by atoms with Crippen LogP contribution in [0.2, 0.25) is 0 Å². The van der Waals surface area contributed by atoms with Crippen LogP contribution in [0, 0.1) is 18.6 Å². The van der Waals surface area contributed by atoms with E-state index in [9.17, 15) is 8.78 Å². The molecule has 2 aromatic rings. The maximum atomic E-state index is 13.3. The summed E-state index contributed by atoms with van der Waals surface area (Å²) in [6.45, 7) is 3.74. The lowest BCUT2D eigenvalue weighted by atomic mass is 10.1. The van der Waals surface area contributed by atoms with Crippen molar-refractivity contribution in [3.63, 3.8) is 0 Å². The maximum Gasteiger partial charge on any atom is 0.131 e. The molecule has 0 unspecified atom stereocenters. The molecule has 0 saturated carbocycles. The number of benzene rings is 1. The van der Waals surface area contributed by atoms with Crippen LogP contribution in [0.1, 0.15) is 24.7 Å². The van der Waals surface area contributed by atoms with Crippen LogP contribution in [0.25, 0.3) is 11.3 Å². The third-order valence-corrected chi connectivity index (χ3v) is 2.84. The van der Waals surface area contributed by atoms with E-state index in [0.717, 1.165) is 12.5 Å². The summed E-state index contributed by atoms with van der Waals surface area (Å²) in [5.74, 6) is -0.337. The van der Waals surface area contributed by atoms with Crippen LogP contribution < -0.4 is 5.73 Å². The van der Waals surface area contributed by atoms with Crippen molar-refractivity contribution < 1.29 is 8.78 Å². The fourth-order valence-electron chi connectivity index (χ4n) is 1.89. The van der Waals surface area contributed by atoms with E-state index in [4.69, 9.17) is 5.73 Å². The van der Waals surface area contributed by atoms with E-state index in [-0.39, 0.29) is 0 Å². The average Bonchev–Trinajstić information content (AvgIpc) is 2.32. The van der Waals surface area contributed by atoms with Crippen molar-refractivity contribution in [2.24, 2.45) is 0 Å². The van der Waals surface area contributed by atoms with Gasteiger partial charge in [0.1, 0.15) is 23.3 Å². The summed E-state index contributed by atoms with van der Waals surface area (Å²) >= 11 is 0. The third-order valence-electron chi connectivity index (χ3n) is 2.84. The minimum atomic E-state index is -0.636. The Morgan fingerprint density at radius 3 is 2.32 bits per heavy atom. The molecule has 3 nitrogen and oxygen atoms in total. The van der Waals surface area contributed by atoms with Gasteiger partial charge in [-0.3, -0.25) is 0 Å². The van der Waals surface area contributed by atoms with Crippen LogP contribution >= 0.6 is 0 Å². The monoisotopic (exact) mass is 263 g/mol. The Bertz CT molecular complexity index is 592. The Hall–Kier alpha value is -2.04. The van der Waals surface area contributed by atoms with Crippen molar-refractivity contribution >= 4 is 5.82 Å². The zero-order chi connectivity index (χ0) is 14.0. The molecule has 1 aromatic carbocycles. The number of hydrogen-bond acceptors (Lipinski definition) is 3. The molecule has 5 heteroatoms. The number of anilines is 1. The smallest absolute Gasteiger partial charge is 0.131 e. The number of nitrogens with zero attached hydrogens (tertiary/aromatic N) is 2. The molecular weight excluding hydrogens is 248 g/mol. The number of rotatable bonds is 3. The normalized spacial score (nSPS) is 10.7. The van der Waals surface area contributed by atoms with Gasteiger partial charge in [0.2, 0.25) is 0 Å². The predicted molar refractivity (Wildman–Crippen MR) is 70.5 cm³/mol. The van der Waals surface area contributed by atoms with Crippen LogP contribution in [-0.4, -0.2) is 9.97 Å². The zero-order valence-corrected chi connectivity index (χ0v) is 10.9. The summed E-state index contributed by atoms with van der Waals surface area (Å²) in [5, 5.41) is 0. The second-order valence-corrected chi connectivity index (χ2v) is 4.41. The van der Waals surface area contributed by atoms with Gasteiger partial charge in [0.25, 0.3) is 0 Å². The van der Waals surface area contributed by atoms with Crippen LogP contribution in [0.5, 0.6) is 0 Å². The van der Waals surface area contributed by atoms with Crippen molar-refractivity contribution in [1.29, 1.82) is 0 Å². The van der Waals surface area contributed by atoms with Crippen LogP contribution in [-0.2, 0) is 6.42 Å². The van der Waals surface area contributed by atoms with Gasteiger partial charge in [0.15, 0.2) is 0 Å². The fraction of sp³-hybridized carbons (Fsp3) is 0.286. The first-order chi connectivity index (χ1) is 9.01. The average molecular weight is 263 g/mol. The van der Waals surface area contributed by atoms with Crippen molar-refractivity contribution in [2.45, 2.75) is 26.7 Å². The molecule has 2 N–H and O–H groups in total. The SMILES string of the molecule is CCCc1nc(N)c(C)c(-c2cc(F)cc(F)c2)n1. The van der Waals surface area contributed by atoms with Crippen molar-refractivity contribution in [3.8, 4) is 11.3 Å². The number of nitrogen functional groups attached to an aromatic ring is 1. The number of halogens is 2. The first-order valence-corrected chi connectivity index (χ1v) is 6.10. The molecule has 0 amide bonds. The number of nitrogens with two attached hydrogens (primary N) is 1. The van der Waals surface area contributed by atoms with E-state index in [1.807, 2.05) is 6.92 Å². The number of hydrogen-bond donors (Lipinski definition) is 1. The molecule has 0 aliphatic carbocycles. The highest BCUT2D eigenvalue weighted by Crippen LogP contribution is 2.26. The molecule has 0 atom stereocenters. The number of aryl methyl sites for hydroxylation is 1. The van der Waals surface area contributed by atoms with Gasteiger partial charge in [-0.25, -0.2) is 18.7 Å². The molecule has 0 aliphatic heterocycles. The molecular formula is C14H15F2N3. The van der Waals surface area contributed by atoms with E-state index in [1.54, 1.807) is 6.92 Å². The summed E-state index contributed by atoms with van der Waals surface area (Å²) in [5.41, 5.74) is 7.31. The second-order valence-electron chi connectivity index (χ2n) is 4.41. The molecule has 0 saturated heterocycles. The quantitative estimate of drug-likeness (QED) is 0.924. The Morgan fingerprint density at radius 1 is 1.11 bits per heavy atom. The molecule has 0 radical (unpaired) electrons. The predicted octanol–water partition coefficient (Wildman–Crippen LogP) is 3.26. The van der Waals surface area contributed by atoms with E-state index < -0.39 is 11.6 Å². The minimum Gasteiger partial charge on any atom is -0.383 e. The summed E-state index contributed by atoms with van der Waals surface area (Å²) in [4.78, 5) is 8.52. The highest BCUT2D eigenvalue weighted by atomic mass is 19.1. The van der Waals surface area contributed by atoms with Crippen LogP contribution in [0.15, 0.2) is 18.2 Å². The standard InChI is InChI=1S/C14H15F2N3/c1-3-4-12-18-13(8(2)14(17)19-12)9-5-10(15)7-11(16)6-9/h5-7H,3-4H2,1-2H3,(H2,17,18,19). The summed E-state index contributed by atoms with van der Waals surface area (Å²) in [6, 6.07) is 3.32. The van der Waals surface area contributed by atoms with E-state index in [1.165, 1.54) is 12.1 Å². The summed E-state index contributed by atoms with van der Waals surface area (Å²) in [6.07, 6.45) is 1.55. The topological polar surface area (TPSA) is 51.8 Å². The summed E-state index contributed by atoms with van der Waals surface area (Å²) < 4.78 is 26.6. The molecule has 19 heavy (non-hydrogen) atoms. The molecule has 0 bridgehead atoms. The van der Waals surface area contributed by atoms with Gasteiger partial charge in [-0.1, -0.05) is 6.92 Å².